The van der Waals surface area contributed by atoms with Gasteiger partial charge < -0.3 is 5.32 Å². The minimum atomic E-state index is -0.311. The second kappa shape index (κ2) is 7.77. The molecule has 2 N–H and O–H groups in total. The number of carbonyl (C=O) groups excluding carboxylic acids is 1. The Morgan fingerprint density at radius 2 is 1.92 bits per heavy atom. The molecule has 0 saturated heterocycles. The molecule has 118 valence electrons. The molecule has 0 radical (unpaired) electrons. The van der Waals surface area contributed by atoms with Crippen LogP contribution in [0, 0.1) is 29.6 Å². The van der Waals surface area contributed by atoms with Crippen LogP contribution < -0.4 is 10.7 Å². The number of nitriles is 2. The Labute approximate surface area is 144 Å². The zero-order chi connectivity index (χ0) is 17.5. The van der Waals surface area contributed by atoms with Crippen LogP contribution in [0.4, 0.5) is 11.4 Å². The Bertz CT molecular complexity index is 877. The Kier molecular flexibility index (Phi) is 5.51. The number of benzene rings is 2. The molecule has 0 aliphatic heterocycles. The third-order valence-corrected chi connectivity index (χ3v) is 3.32. The molecule has 7 heteroatoms. The van der Waals surface area contributed by atoms with Crippen molar-refractivity contribution in [2.75, 3.05) is 10.7 Å². The van der Waals surface area contributed by atoms with Crippen LogP contribution in [-0.2, 0) is 0 Å². The van der Waals surface area contributed by atoms with Gasteiger partial charge in [-0.05, 0) is 42.8 Å². The van der Waals surface area contributed by atoms with Crippen LogP contribution in [0.5, 0.6) is 0 Å². The van der Waals surface area contributed by atoms with Crippen LogP contribution in [0.15, 0.2) is 47.6 Å². The molecule has 0 atom stereocenters. The summed E-state index contributed by atoms with van der Waals surface area (Å²) in [4.78, 5) is 12.4. The minimum absolute atomic E-state index is 0.306. The molecule has 0 aliphatic carbocycles. The molecular formula is C17H12ClN5O. The molecule has 2 rings (SSSR count). The van der Waals surface area contributed by atoms with Gasteiger partial charge in [0.25, 0.3) is 5.91 Å². The second-order valence-corrected chi connectivity index (χ2v) is 5.23. The number of aryl methyl sites for hydroxylation is 1. The number of nitrogens with zero attached hydrogens (tertiary/aromatic N) is 3. The molecule has 0 saturated carbocycles. The van der Waals surface area contributed by atoms with E-state index >= 15 is 0 Å². The maximum absolute atomic E-state index is 12.4. The Hall–Kier alpha value is -3.35. The molecule has 0 fully saturated rings. The van der Waals surface area contributed by atoms with Crippen molar-refractivity contribution in [1.82, 2.24) is 0 Å². The summed E-state index contributed by atoms with van der Waals surface area (Å²) in [6.45, 7) is 1.87. The van der Waals surface area contributed by atoms with Crippen LogP contribution in [0.3, 0.4) is 0 Å². The van der Waals surface area contributed by atoms with Crippen molar-refractivity contribution < 1.29 is 4.79 Å². The third-order valence-electron chi connectivity index (χ3n) is 3.08. The quantitative estimate of drug-likeness (QED) is 0.655. The molecule has 24 heavy (non-hydrogen) atoms. The predicted molar refractivity (Wildman–Crippen MR) is 92.9 cm³/mol. The fourth-order valence-corrected chi connectivity index (χ4v) is 2.02. The second-order valence-electron chi connectivity index (χ2n) is 4.79. The van der Waals surface area contributed by atoms with E-state index in [-0.39, 0.29) is 11.6 Å². The number of amides is 1. The van der Waals surface area contributed by atoms with Gasteiger partial charge in [0.15, 0.2) is 0 Å². The van der Waals surface area contributed by atoms with E-state index in [4.69, 9.17) is 22.1 Å². The van der Waals surface area contributed by atoms with Crippen molar-refractivity contribution in [3.63, 3.8) is 0 Å². The van der Waals surface area contributed by atoms with Gasteiger partial charge in [-0.15, -0.1) is 0 Å². The summed E-state index contributed by atoms with van der Waals surface area (Å²) in [5, 5.41) is 24.2. The Morgan fingerprint density at radius 3 is 2.62 bits per heavy atom. The van der Waals surface area contributed by atoms with Gasteiger partial charge in [0.05, 0.1) is 5.69 Å². The van der Waals surface area contributed by atoms with Gasteiger partial charge in [-0.1, -0.05) is 23.7 Å². The van der Waals surface area contributed by atoms with Crippen LogP contribution in [0.2, 0.25) is 5.02 Å². The number of anilines is 2. The molecule has 0 aromatic heterocycles. The molecule has 0 aliphatic rings. The average molecular weight is 338 g/mol. The van der Waals surface area contributed by atoms with E-state index in [2.05, 4.69) is 15.8 Å². The van der Waals surface area contributed by atoms with Crippen molar-refractivity contribution in [1.29, 1.82) is 10.5 Å². The highest BCUT2D eigenvalue weighted by Crippen LogP contribution is 2.21. The van der Waals surface area contributed by atoms with Crippen molar-refractivity contribution in [2.24, 2.45) is 5.10 Å². The molecule has 0 spiro atoms. The van der Waals surface area contributed by atoms with Crippen molar-refractivity contribution in [3.05, 3.63) is 58.6 Å². The van der Waals surface area contributed by atoms with Gasteiger partial charge in [0.2, 0.25) is 5.71 Å². The number of rotatable bonds is 4. The molecule has 1 amide bonds. The summed E-state index contributed by atoms with van der Waals surface area (Å²) in [5.41, 5.74) is 4.65. The zero-order valence-electron chi connectivity index (χ0n) is 12.7. The number of halogens is 1. The normalized spacial score (nSPS) is 9.33. The van der Waals surface area contributed by atoms with Crippen molar-refractivity contribution >= 4 is 34.6 Å². The van der Waals surface area contributed by atoms with E-state index in [1.54, 1.807) is 48.5 Å². The van der Waals surface area contributed by atoms with Gasteiger partial charge in [0.1, 0.15) is 12.1 Å². The standard InChI is InChI=1S/C17H12ClN5O/c1-11-5-6-13(18)8-16(11)21-17(24)12-3-2-4-14(7-12)22-23-15(9-19)10-20/h2-8,22H,1H3,(H,21,24). The lowest BCUT2D eigenvalue weighted by molar-refractivity contribution is 0.102. The average Bonchev–Trinajstić information content (AvgIpc) is 2.59. The number of nitrogens with one attached hydrogen (secondary N) is 2. The zero-order valence-corrected chi connectivity index (χ0v) is 13.4. The number of hydrazone groups is 1. The SMILES string of the molecule is Cc1ccc(Cl)cc1NC(=O)c1cccc(NN=C(C#N)C#N)c1. The van der Waals surface area contributed by atoms with Gasteiger partial charge in [-0.3, -0.25) is 10.2 Å². The number of hydrogen-bond donors (Lipinski definition) is 2. The molecule has 0 unspecified atom stereocenters. The van der Waals surface area contributed by atoms with Gasteiger partial charge in [-0.2, -0.15) is 15.6 Å². The summed E-state index contributed by atoms with van der Waals surface area (Å²) in [6.07, 6.45) is 0. The van der Waals surface area contributed by atoms with E-state index in [0.29, 0.717) is 22.0 Å². The molecule has 2 aromatic carbocycles. The molecule has 6 nitrogen and oxygen atoms in total. The third kappa shape index (κ3) is 4.33. The number of carbonyl (C=O) groups is 1. The first-order valence-electron chi connectivity index (χ1n) is 6.85. The topological polar surface area (TPSA) is 101 Å². The largest absolute Gasteiger partial charge is 0.322 e. The van der Waals surface area contributed by atoms with Crippen LogP contribution >= 0.6 is 11.6 Å². The van der Waals surface area contributed by atoms with Crippen LogP contribution in [0.25, 0.3) is 0 Å². The lowest BCUT2D eigenvalue weighted by atomic mass is 10.1. The molecule has 0 bridgehead atoms. The maximum Gasteiger partial charge on any atom is 0.255 e. The maximum atomic E-state index is 12.4. The monoisotopic (exact) mass is 337 g/mol. The van der Waals surface area contributed by atoms with E-state index in [0.717, 1.165) is 5.56 Å². The van der Waals surface area contributed by atoms with Crippen molar-refractivity contribution in [2.45, 2.75) is 6.92 Å². The van der Waals surface area contributed by atoms with Gasteiger partial charge in [0, 0.05) is 16.3 Å². The van der Waals surface area contributed by atoms with Crippen LogP contribution in [0.1, 0.15) is 15.9 Å². The summed E-state index contributed by atoms with van der Waals surface area (Å²) >= 11 is 5.94. The Morgan fingerprint density at radius 1 is 1.17 bits per heavy atom. The fraction of sp³-hybridized carbons (Fsp3) is 0.0588. The lowest BCUT2D eigenvalue weighted by Crippen LogP contribution is -2.13. The summed E-state index contributed by atoms with van der Waals surface area (Å²) < 4.78 is 0. The molecule has 0 heterocycles. The molecule has 2 aromatic rings. The molecular weight excluding hydrogens is 326 g/mol. The predicted octanol–water partition coefficient (Wildman–Crippen LogP) is 3.72. The first kappa shape index (κ1) is 17.0. The van der Waals surface area contributed by atoms with Gasteiger partial charge >= 0.3 is 0 Å². The Balaban J connectivity index is 2.18. The smallest absolute Gasteiger partial charge is 0.255 e. The highest BCUT2D eigenvalue weighted by molar-refractivity contribution is 6.31. The van der Waals surface area contributed by atoms with E-state index in [9.17, 15) is 4.79 Å². The lowest BCUT2D eigenvalue weighted by Gasteiger charge is -2.09. The van der Waals surface area contributed by atoms with Crippen LogP contribution in [-0.4, -0.2) is 11.6 Å². The van der Waals surface area contributed by atoms with E-state index in [1.165, 1.54) is 0 Å². The van der Waals surface area contributed by atoms with E-state index < -0.39 is 0 Å². The van der Waals surface area contributed by atoms with Crippen molar-refractivity contribution in [3.8, 4) is 12.1 Å². The van der Waals surface area contributed by atoms with Gasteiger partial charge in [-0.25, -0.2) is 0 Å². The highest BCUT2D eigenvalue weighted by Gasteiger charge is 2.09. The fourth-order valence-electron chi connectivity index (χ4n) is 1.85. The number of hydrogen-bond acceptors (Lipinski definition) is 5. The first-order chi connectivity index (χ1) is 11.5. The summed E-state index contributed by atoms with van der Waals surface area (Å²) in [7, 11) is 0. The summed E-state index contributed by atoms with van der Waals surface area (Å²) in [6, 6.07) is 15.0. The minimum Gasteiger partial charge on any atom is -0.322 e. The highest BCUT2D eigenvalue weighted by atomic mass is 35.5. The van der Waals surface area contributed by atoms with E-state index in [1.807, 2.05) is 13.0 Å². The summed E-state index contributed by atoms with van der Waals surface area (Å²) in [5.74, 6) is -0.311. The first-order valence-corrected chi connectivity index (χ1v) is 7.22.